The second-order valence-electron chi connectivity index (χ2n) is 9.34. The summed E-state index contributed by atoms with van der Waals surface area (Å²) >= 11 is 0. The number of esters is 1. The van der Waals surface area contributed by atoms with E-state index in [1.165, 1.54) is 29.3 Å². The summed E-state index contributed by atoms with van der Waals surface area (Å²) in [5, 5.41) is 0. The molecule has 0 radical (unpaired) electrons. The number of H-pyrrole nitrogens is 1. The van der Waals surface area contributed by atoms with Crippen molar-refractivity contribution in [1.82, 2.24) is 14.5 Å². The summed E-state index contributed by atoms with van der Waals surface area (Å²) in [4.78, 5) is 41.0. The SMILES string of the molecule is CC(=O)O[C@H]1[C@H](n2ccc(=O)[nH]c2=O)O[C@@]2(CN(Cc3ccccc3)[C@H]2C)[C@@H]1OCc1ccccc1. The molecule has 1 spiro atoms. The average Bonchev–Trinajstić information content (AvgIpc) is 3.18. The first-order chi connectivity index (χ1) is 17.4. The number of ether oxygens (including phenoxy) is 3. The van der Waals surface area contributed by atoms with Gasteiger partial charge < -0.3 is 14.2 Å². The maximum absolute atomic E-state index is 12.7. The van der Waals surface area contributed by atoms with Gasteiger partial charge >= 0.3 is 11.7 Å². The van der Waals surface area contributed by atoms with Gasteiger partial charge in [0.05, 0.1) is 6.61 Å². The van der Waals surface area contributed by atoms with Crippen LogP contribution in [0, 0.1) is 0 Å². The Labute approximate surface area is 208 Å². The summed E-state index contributed by atoms with van der Waals surface area (Å²) in [7, 11) is 0. The molecule has 3 heterocycles. The van der Waals surface area contributed by atoms with Crippen LogP contribution >= 0.6 is 0 Å². The molecule has 9 heteroatoms. The predicted octanol–water partition coefficient (Wildman–Crippen LogP) is 2.23. The topological polar surface area (TPSA) is 103 Å². The van der Waals surface area contributed by atoms with E-state index < -0.39 is 41.3 Å². The number of rotatable bonds is 7. The lowest BCUT2D eigenvalue weighted by atomic mass is 9.78. The number of hydrogen-bond acceptors (Lipinski definition) is 7. The first-order valence-electron chi connectivity index (χ1n) is 12.0. The van der Waals surface area contributed by atoms with E-state index in [4.69, 9.17) is 14.2 Å². The minimum Gasteiger partial charge on any atom is -0.455 e. The van der Waals surface area contributed by atoms with Gasteiger partial charge in [-0.3, -0.25) is 24.0 Å². The van der Waals surface area contributed by atoms with E-state index in [9.17, 15) is 14.4 Å². The van der Waals surface area contributed by atoms with Crippen LogP contribution in [0.4, 0.5) is 0 Å². The van der Waals surface area contributed by atoms with Crippen LogP contribution in [0.3, 0.4) is 0 Å². The minimum atomic E-state index is -0.958. The fourth-order valence-corrected chi connectivity index (χ4v) is 5.19. The minimum absolute atomic E-state index is 0.0972. The van der Waals surface area contributed by atoms with Crippen molar-refractivity contribution in [2.45, 2.75) is 57.1 Å². The van der Waals surface area contributed by atoms with Crippen molar-refractivity contribution in [3.05, 3.63) is 105 Å². The summed E-state index contributed by atoms with van der Waals surface area (Å²) in [5.74, 6) is -0.510. The molecule has 0 bridgehead atoms. The zero-order valence-corrected chi connectivity index (χ0v) is 20.2. The molecule has 5 rings (SSSR count). The number of benzene rings is 2. The summed E-state index contributed by atoms with van der Waals surface area (Å²) in [6.07, 6.45) is -1.13. The Morgan fingerprint density at radius 3 is 2.33 bits per heavy atom. The molecule has 2 fully saturated rings. The van der Waals surface area contributed by atoms with Crippen molar-refractivity contribution < 1.29 is 19.0 Å². The summed E-state index contributed by atoms with van der Waals surface area (Å²) in [6, 6.07) is 21.0. The molecule has 0 amide bonds. The van der Waals surface area contributed by atoms with Gasteiger partial charge in [-0.05, 0) is 18.1 Å². The average molecular weight is 492 g/mol. The number of aromatic nitrogens is 2. The van der Waals surface area contributed by atoms with Gasteiger partial charge in [-0.15, -0.1) is 0 Å². The molecular formula is C27H29N3O6. The van der Waals surface area contributed by atoms with Gasteiger partial charge in [-0.1, -0.05) is 60.7 Å². The molecule has 2 aliphatic heterocycles. The molecule has 1 N–H and O–H groups in total. The molecule has 9 nitrogen and oxygen atoms in total. The van der Waals surface area contributed by atoms with Crippen molar-refractivity contribution in [3.63, 3.8) is 0 Å². The van der Waals surface area contributed by atoms with Crippen molar-refractivity contribution >= 4 is 5.97 Å². The standard InChI is InChI=1S/C27H29N3O6/c1-18-27(17-29(18)15-20-9-5-3-6-10-20)24(34-16-21-11-7-4-8-12-21)23(35-19(2)31)25(36-27)30-14-13-22(32)28-26(30)33/h3-14,18,23-25H,15-17H2,1-2H3,(H,28,32,33)/t18-,23+,24+,25+,27+/m0/s1. The third-order valence-electron chi connectivity index (χ3n) is 7.03. The Morgan fingerprint density at radius 1 is 1.06 bits per heavy atom. The third-order valence-corrected chi connectivity index (χ3v) is 7.03. The van der Waals surface area contributed by atoms with E-state index in [1.807, 2.05) is 55.5 Å². The smallest absolute Gasteiger partial charge is 0.330 e. The molecular weight excluding hydrogens is 462 g/mol. The van der Waals surface area contributed by atoms with Crippen LogP contribution in [0.25, 0.3) is 0 Å². The highest BCUT2D eigenvalue weighted by molar-refractivity contribution is 5.66. The van der Waals surface area contributed by atoms with Crippen LogP contribution in [-0.2, 0) is 32.2 Å². The first-order valence-corrected chi connectivity index (χ1v) is 12.0. The highest BCUT2D eigenvalue weighted by atomic mass is 16.6. The van der Waals surface area contributed by atoms with E-state index in [1.54, 1.807) is 0 Å². The van der Waals surface area contributed by atoms with Crippen LogP contribution in [0.15, 0.2) is 82.5 Å². The van der Waals surface area contributed by atoms with Gasteiger partial charge in [0.25, 0.3) is 5.56 Å². The number of nitrogens with zero attached hydrogens (tertiary/aromatic N) is 2. The number of likely N-dealkylation sites (tertiary alicyclic amines) is 1. The van der Waals surface area contributed by atoms with E-state index in [2.05, 4.69) is 22.0 Å². The fourth-order valence-electron chi connectivity index (χ4n) is 5.19. The largest absolute Gasteiger partial charge is 0.455 e. The number of nitrogens with one attached hydrogen (secondary N) is 1. The van der Waals surface area contributed by atoms with Crippen molar-refractivity contribution in [3.8, 4) is 0 Å². The molecule has 36 heavy (non-hydrogen) atoms. The molecule has 1 aromatic heterocycles. The molecule has 188 valence electrons. The Balaban J connectivity index is 1.49. The van der Waals surface area contributed by atoms with E-state index >= 15 is 0 Å². The quantitative estimate of drug-likeness (QED) is 0.506. The number of hydrogen-bond donors (Lipinski definition) is 1. The van der Waals surface area contributed by atoms with Gasteiger partial charge in [0.1, 0.15) is 11.7 Å². The lowest BCUT2D eigenvalue weighted by molar-refractivity contribution is -0.227. The molecule has 3 aromatic rings. The molecule has 0 aliphatic carbocycles. The summed E-state index contributed by atoms with van der Waals surface area (Å²) in [6.45, 7) is 4.90. The monoisotopic (exact) mass is 491 g/mol. The van der Waals surface area contributed by atoms with Crippen LogP contribution in [-0.4, -0.2) is 50.8 Å². The van der Waals surface area contributed by atoms with E-state index in [0.29, 0.717) is 6.54 Å². The van der Waals surface area contributed by atoms with Gasteiger partial charge in [-0.2, -0.15) is 0 Å². The number of aromatic amines is 1. The maximum atomic E-state index is 12.7. The summed E-state index contributed by atoms with van der Waals surface area (Å²) < 4.78 is 20.0. The van der Waals surface area contributed by atoms with Crippen LogP contribution in [0.5, 0.6) is 0 Å². The first kappa shape index (κ1) is 24.2. The lowest BCUT2D eigenvalue weighted by Gasteiger charge is -2.55. The Bertz CT molecular complexity index is 1320. The second kappa shape index (κ2) is 9.85. The lowest BCUT2D eigenvalue weighted by Crippen LogP contribution is -2.73. The maximum Gasteiger partial charge on any atom is 0.330 e. The highest BCUT2D eigenvalue weighted by Gasteiger charge is 2.67. The Hall–Kier alpha value is -3.53. The van der Waals surface area contributed by atoms with Crippen LogP contribution in [0.2, 0.25) is 0 Å². The normalized spacial score (nSPS) is 27.6. The van der Waals surface area contributed by atoms with Gasteiger partial charge in [0, 0.05) is 38.3 Å². The van der Waals surface area contributed by atoms with Crippen molar-refractivity contribution in [1.29, 1.82) is 0 Å². The van der Waals surface area contributed by atoms with Gasteiger partial charge in [0.2, 0.25) is 0 Å². The third kappa shape index (κ3) is 4.53. The van der Waals surface area contributed by atoms with Crippen molar-refractivity contribution in [2.24, 2.45) is 0 Å². The Morgan fingerprint density at radius 2 is 1.72 bits per heavy atom. The zero-order valence-electron chi connectivity index (χ0n) is 20.2. The van der Waals surface area contributed by atoms with Crippen molar-refractivity contribution in [2.75, 3.05) is 6.54 Å². The predicted molar refractivity (Wildman–Crippen MR) is 131 cm³/mol. The van der Waals surface area contributed by atoms with E-state index in [0.717, 1.165) is 12.1 Å². The van der Waals surface area contributed by atoms with E-state index in [-0.39, 0.29) is 12.6 Å². The van der Waals surface area contributed by atoms with Gasteiger partial charge in [0.15, 0.2) is 12.3 Å². The zero-order chi connectivity index (χ0) is 25.3. The molecule has 2 aromatic carbocycles. The molecule has 5 atom stereocenters. The van der Waals surface area contributed by atoms with Gasteiger partial charge in [-0.25, -0.2) is 4.79 Å². The Kier molecular flexibility index (Phi) is 6.61. The molecule has 2 saturated heterocycles. The molecule has 0 saturated carbocycles. The van der Waals surface area contributed by atoms with Crippen LogP contribution < -0.4 is 11.2 Å². The number of carbonyl (C=O) groups is 1. The number of carbonyl (C=O) groups excluding carboxylic acids is 1. The molecule has 0 unspecified atom stereocenters. The fraction of sp³-hybridized carbons (Fsp3) is 0.370. The second-order valence-corrected chi connectivity index (χ2v) is 9.34. The summed E-state index contributed by atoms with van der Waals surface area (Å²) in [5.41, 5.74) is 0.146. The highest BCUT2D eigenvalue weighted by Crippen LogP contribution is 2.49. The molecule has 2 aliphatic rings. The van der Waals surface area contributed by atoms with Crippen LogP contribution in [0.1, 0.15) is 31.2 Å².